The molecule has 8 nitrogen and oxygen atoms in total. The lowest BCUT2D eigenvalue weighted by Crippen LogP contribution is -2.44. The number of tetrazole rings is 1. The summed E-state index contributed by atoms with van der Waals surface area (Å²) < 4.78 is 6.90. The molecule has 0 bridgehead atoms. The third-order valence-corrected chi connectivity index (χ3v) is 4.14. The Bertz CT molecular complexity index is 814. The van der Waals surface area contributed by atoms with Crippen LogP contribution in [0.3, 0.4) is 0 Å². The van der Waals surface area contributed by atoms with E-state index in [0.717, 1.165) is 19.3 Å². The number of nitrogens with two attached hydrogens (primary N) is 1. The van der Waals surface area contributed by atoms with Gasteiger partial charge in [-0.3, -0.25) is 0 Å². The predicted molar refractivity (Wildman–Crippen MR) is 84.4 cm³/mol. The van der Waals surface area contributed by atoms with Gasteiger partial charge in [-0.2, -0.15) is 9.67 Å². The van der Waals surface area contributed by atoms with Gasteiger partial charge in [-0.1, -0.05) is 16.8 Å². The number of hydrogen-bond acceptors (Lipinski definition) is 7. The van der Waals surface area contributed by atoms with Gasteiger partial charge in [0.15, 0.2) is 5.82 Å². The van der Waals surface area contributed by atoms with Crippen molar-refractivity contribution in [3.63, 3.8) is 0 Å². The van der Waals surface area contributed by atoms with Crippen molar-refractivity contribution >= 4 is 24.0 Å². The van der Waals surface area contributed by atoms with Gasteiger partial charge < -0.3 is 10.3 Å². The molecule has 23 heavy (non-hydrogen) atoms. The highest BCUT2D eigenvalue weighted by atomic mass is 35.5. The van der Waals surface area contributed by atoms with Crippen LogP contribution in [-0.2, 0) is 5.54 Å². The molecular formula is C13H13Cl2N7O. The fourth-order valence-corrected chi connectivity index (χ4v) is 2.64. The van der Waals surface area contributed by atoms with E-state index in [-0.39, 0.29) is 12.4 Å². The van der Waals surface area contributed by atoms with Crippen molar-refractivity contribution in [2.75, 3.05) is 0 Å². The minimum atomic E-state index is -0.477. The van der Waals surface area contributed by atoms with E-state index < -0.39 is 5.54 Å². The molecule has 0 amide bonds. The summed E-state index contributed by atoms with van der Waals surface area (Å²) in [5, 5.41) is 15.7. The lowest BCUT2D eigenvalue weighted by atomic mass is 9.77. The molecule has 1 aliphatic rings. The molecule has 0 radical (unpaired) electrons. The Kier molecular flexibility index (Phi) is 4.05. The molecule has 4 rings (SSSR count). The SMILES string of the molecule is Cl.NC1(c2noc(-c3cc(Cl)ccc3-n3cnnn3)n2)CCC1. The Labute approximate surface area is 142 Å². The molecule has 0 saturated heterocycles. The predicted octanol–water partition coefficient (Wildman–Crippen LogP) is 2.13. The van der Waals surface area contributed by atoms with Gasteiger partial charge in [-0.25, -0.2) is 0 Å². The Balaban J connectivity index is 0.00000156. The van der Waals surface area contributed by atoms with E-state index in [0.29, 0.717) is 28.0 Å². The summed E-state index contributed by atoms with van der Waals surface area (Å²) in [5.41, 5.74) is 7.11. The molecule has 10 heteroatoms. The van der Waals surface area contributed by atoms with Gasteiger partial charge in [0.05, 0.1) is 16.8 Å². The maximum atomic E-state index is 6.23. The fraction of sp³-hybridized carbons (Fsp3) is 0.308. The second-order valence-corrected chi connectivity index (χ2v) is 5.79. The molecule has 0 spiro atoms. The fourth-order valence-electron chi connectivity index (χ4n) is 2.47. The minimum Gasteiger partial charge on any atom is -0.334 e. The molecule has 2 heterocycles. The monoisotopic (exact) mass is 353 g/mol. The van der Waals surface area contributed by atoms with Crippen molar-refractivity contribution in [2.24, 2.45) is 5.73 Å². The van der Waals surface area contributed by atoms with Gasteiger partial charge in [-0.15, -0.1) is 17.5 Å². The first kappa shape index (κ1) is 15.9. The Morgan fingerprint density at radius 1 is 1.30 bits per heavy atom. The van der Waals surface area contributed by atoms with Crippen molar-refractivity contribution in [1.29, 1.82) is 0 Å². The summed E-state index contributed by atoms with van der Waals surface area (Å²) in [4.78, 5) is 4.44. The van der Waals surface area contributed by atoms with Crippen LogP contribution in [0.25, 0.3) is 17.1 Å². The van der Waals surface area contributed by atoms with Gasteiger partial charge in [0, 0.05) is 5.02 Å². The number of hydrogen-bond donors (Lipinski definition) is 1. The van der Waals surface area contributed by atoms with Crippen LogP contribution in [0.5, 0.6) is 0 Å². The van der Waals surface area contributed by atoms with E-state index in [2.05, 4.69) is 25.7 Å². The molecular weight excluding hydrogens is 341 g/mol. The van der Waals surface area contributed by atoms with Crippen LogP contribution in [0.4, 0.5) is 0 Å². The van der Waals surface area contributed by atoms with Gasteiger partial charge in [-0.05, 0) is 47.9 Å². The summed E-state index contributed by atoms with van der Waals surface area (Å²) in [7, 11) is 0. The number of aromatic nitrogens is 6. The molecule has 120 valence electrons. The Morgan fingerprint density at radius 3 is 2.78 bits per heavy atom. The second-order valence-electron chi connectivity index (χ2n) is 5.35. The number of halogens is 2. The van der Waals surface area contributed by atoms with E-state index in [9.17, 15) is 0 Å². The highest BCUT2D eigenvalue weighted by Crippen LogP contribution is 2.38. The third-order valence-electron chi connectivity index (χ3n) is 3.90. The Morgan fingerprint density at radius 2 is 2.13 bits per heavy atom. The standard InChI is InChI=1S/C13H12ClN7O.ClH/c14-8-2-3-10(21-7-16-19-20-21)9(6-8)11-17-12(18-22-11)13(15)4-1-5-13;/h2-3,6-7H,1,4-5,15H2;1H. The molecule has 0 unspecified atom stereocenters. The van der Waals surface area contributed by atoms with Crippen molar-refractivity contribution in [3.05, 3.63) is 35.4 Å². The zero-order valence-electron chi connectivity index (χ0n) is 11.9. The van der Waals surface area contributed by atoms with Crippen LogP contribution in [0.15, 0.2) is 29.0 Å². The van der Waals surface area contributed by atoms with Crippen molar-refractivity contribution in [1.82, 2.24) is 30.3 Å². The van der Waals surface area contributed by atoms with Gasteiger partial charge in [0.2, 0.25) is 0 Å². The van der Waals surface area contributed by atoms with Crippen LogP contribution >= 0.6 is 24.0 Å². The molecule has 2 aromatic heterocycles. The van der Waals surface area contributed by atoms with Gasteiger partial charge >= 0.3 is 0 Å². The van der Waals surface area contributed by atoms with Crippen LogP contribution in [0.1, 0.15) is 25.1 Å². The van der Waals surface area contributed by atoms with Crippen LogP contribution in [0.2, 0.25) is 5.02 Å². The summed E-state index contributed by atoms with van der Waals surface area (Å²) >= 11 is 6.09. The van der Waals surface area contributed by atoms with E-state index in [1.807, 2.05) is 0 Å². The molecule has 1 fully saturated rings. The smallest absolute Gasteiger partial charge is 0.260 e. The molecule has 2 N–H and O–H groups in total. The lowest BCUT2D eigenvalue weighted by Gasteiger charge is -2.34. The van der Waals surface area contributed by atoms with Crippen LogP contribution in [0, 0.1) is 0 Å². The van der Waals surface area contributed by atoms with Crippen molar-refractivity contribution in [2.45, 2.75) is 24.8 Å². The van der Waals surface area contributed by atoms with Crippen molar-refractivity contribution < 1.29 is 4.52 Å². The molecule has 3 aromatic rings. The zero-order chi connectivity index (χ0) is 15.2. The molecule has 1 aromatic carbocycles. The topological polar surface area (TPSA) is 109 Å². The van der Waals surface area contributed by atoms with E-state index in [1.54, 1.807) is 18.2 Å². The molecule has 0 atom stereocenters. The average molecular weight is 354 g/mol. The minimum absolute atomic E-state index is 0. The highest BCUT2D eigenvalue weighted by Gasteiger charge is 2.39. The number of benzene rings is 1. The number of rotatable bonds is 3. The van der Waals surface area contributed by atoms with Gasteiger partial charge in [0.25, 0.3) is 5.89 Å². The molecule has 0 aliphatic heterocycles. The van der Waals surface area contributed by atoms with Crippen LogP contribution in [-0.4, -0.2) is 30.3 Å². The normalized spacial score (nSPS) is 15.7. The summed E-state index contributed by atoms with van der Waals surface area (Å²) in [6, 6.07) is 5.27. The second kappa shape index (κ2) is 5.88. The molecule has 1 aliphatic carbocycles. The third kappa shape index (κ3) is 2.69. The summed E-state index contributed by atoms with van der Waals surface area (Å²) in [6.45, 7) is 0. The van der Waals surface area contributed by atoms with Crippen LogP contribution < -0.4 is 5.73 Å². The first-order valence-corrected chi connectivity index (χ1v) is 7.20. The lowest BCUT2D eigenvalue weighted by molar-refractivity contribution is 0.229. The highest BCUT2D eigenvalue weighted by molar-refractivity contribution is 6.31. The quantitative estimate of drug-likeness (QED) is 0.767. The first-order chi connectivity index (χ1) is 10.7. The average Bonchev–Trinajstić information content (AvgIpc) is 3.16. The first-order valence-electron chi connectivity index (χ1n) is 6.82. The van der Waals surface area contributed by atoms with E-state index in [4.69, 9.17) is 21.9 Å². The Hall–Kier alpha value is -2.03. The summed E-state index contributed by atoms with van der Waals surface area (Å²) in [6.07, 6.45) is 4.29. The van der Waals surface area contributed by atoms with Gasteiger partial charge in [0.1, 0.15) is 6.33 Å². The maximum absolute atomic E-state index is 6.23. The van der Waals surface area contributed by atoms with Crippen molar-refractivity contribution in [3.8, 4) is 17.1 Å². The van der Waals surface area contributed by atoms with E-state index >= 15 is 0 Å². The number of nitrogens with zero attached hydrogens (tertiary/aromatic N) is 6. The zero-order valence-corrected chi connectivity index (χ0v) is 13.5. The maximum Gasteiger partial charge on any atom is 0.260 e. The summed E-state index contributed by atoms with van der Waals surface area (Å²) in [5.74, 6) is 0.871. The largest absolute Gasteiger partial charge is 0.334 e. The molecule has 1 saturated carbocycles. The van der Waals surface area contributed by atoms with E-state index in [1.165, 1.54) is 11.0 Å².